The summed E-state index contributed by atoms with van der Waals surface area (Å²) in [7, 11) is 0. The Morgan fingerprint density at radius 3 is 2.29 bits per heavy atom. The Bertz CT molecular complexity index is 582. The summed E-state index contributed by atoms with van der Waals surface area (Å²) in [6, 6.07) is 3.97. The first-order valence-corrected chi connectivity index (χ1v) is 10.6. The molecule has 0 atom stereocenters. The second kappa shape index (κ2) is 11.2. The van der Waals surface area contributed by atoms with E-state index >= 15 is 0 Å². The summed E-state index contributed by atoms with van der Waals surface area (Å²) in [6.45, 7) is 4.75. The Kier molecular flexibility index (Phi) is 8.65. The number of hydrogen-bond acceptors (Lipinski definition) is 4. The van der Waals surface area contributed by atoms with Crippen molar-refractivity contribution in [1.82, 2.24) is 0 Å². The van der Waals surface area contributed by atoms with Crippen molar-refractivity contribution in [3.8, 4) is 0 Å². The van der Waals surface area contributed by atoms with E-state index in [1.54, 1.807) is 6.07 Å². The van der Waals surface area contributed by atoms with Gasteiger partial charge in [0.2, 0.25) is 0 Å². The van der Waals surface area contributed by atoms with Gasteiger partial charge in [-0.05, 0) is 30.5 Å². The maximum absolute atomic E-state index is 13.3. The van der Waals surface area contributed by atoms with Gasteiger partial charge in [0.15, 0.2) is 24.2 Å². The molecule has 0 aliphatic carbocycles. The summed E-state index contributed by atoms with van der Waals surface area (Å²) in [4.78, 5) is 0. The molecule has 2 aliphatic heterocycles. The Labute approximate surface area is 166 Å². The molecule has 0 unspecified atom stereocenters. The maximum atomic E-state index is 13.3. The SMILES string of the molecule is CCCCCC[C@H]1CO[C@H]([C@H]2CO[C@H](CCc3ccc(F)c(F)c3)OC2)OC1. The Hall–Kier alpha value is -1.08. The van der Waals surface area contributed by atoms with Crippen LogP contribution in [0.5, 0.6) is 0 Å². The van der Waals surface area contributed by atoms with Gasteiger partial charge in [-0.1, -0.05) is 38.7 Å². The largest absolute Gasteiger partial charge is 0.352 e. The normalized spacial score (nSPS) is 28.4. The van der Waals surface area contributed by atoms with Crippen molar-refractivity contribution in [3.05, 3.63) is 35.4 Å². The molecule has 1 aromatic rings. The zero-order chi connectivity index (χ0) is 19.8. The van der Waals surface area contributed by atoms with E-state index in [9.17, 15) is 8.78 Å². The molecule has 1 aromatic carbocycles. The van der Waals surface area contributed by atoms with Crippen molar-refractivity contribution in [2.24, 2.45) is 11.8 Å². The van der Waals surface area contributed by atoms with E-state index in [0.717, 1.165) is 31.3 Å². The molecule has 0 spiro atoms. The second-order valence-electron chi connectivity index (χ2n) is 7.89. The van der Waals surface area contributed by atoms with Crippen LogP contribution < -0.4 is 0 Å². The quantitative estimate of drug-likeness (QED) is 0.558. The molecule has 158 valence electrons. The number of unbranched alkanes of at least 4 members (excludes halogenated alkanes) is 3. The van der Waals surface area contributed by atoms with E-state index in [2.05, 4.69) is 6.92 Å². The summed E-state index contributed by atoms with van der Waals surface area (Å²) in [5, 5.41) is 0. The van der Waals surface area contributed by atoms with Crippen LogP contribution in [0, 0.1) is 23.5 Å². The lowest BCUT2D eigenvalue weighted by atomic mass is 10.0. The Morgan fingerprint density at radius 2 is 1.61 bits per heavy atom. The zero-order valence-corrected chi connectivity index (χ0v) is 16.7. The fourth-order valence-electron chi connectivity index (χ4n) is 3.72. The minimum atomic E-state index is -0.826. The molecular weight excluding hydrogens is 366 g/mol. The van der Waals surface area contributed by atoms with Gasteiger partial charge in [0.05, 0.1) is 32.3 Å². The van der Waals surface area contributed by atoms with Gasteiger partial charge < -0.3 is 18.9 Å². The highest BCUT2D eigenvalue weighted by Gasteiger charge is 2.33. The lowest BCUT2D eigenvalue weighted by Crippen LogP contribution is -2.44. The van der Waals surface area contributed by atoms with Crippen LogP contribution in [0.1, 0.15) is 51.0 Å². The fourth-order valence-corrected chi connectivity index (χ4v) is 3.72. The number of hydrogen-bond donors (Lipinski definition) is 0. The third-order valence-electron chi connectivity index (χ3n) is 5.49. The molecule has 0 aromatic heterocycles. The van der Waals surface area contributed by atoms with E-state index in [-0.39, 0.29) is 18.5 Å². The molecule has 2 aliphatic rings. The molecule has 0 N–H and O–H groups in total. The minimum Gasteiger partial charge on any atom is -0.352 e. The van der Waals surface area contributed by atoms with Gasteiger partial charge in [-0.25, -0.2) is 8.78 Å². The van der Waals surface area contributed by atoms with Crippen molar-refractivity contribution in [1.29, 1.82) is 0 Å². The van der Waals surface area contributed by atoms with Crippen molar-refractivity contribution in [2.75, 3.05) is 26.4 Å². The third kappa shape index (κ3) is 6.48. The van der Waals surface area contributed by atoms with Crippen LogP contribution in [0.15, 0.2) is 18.2 Å². The number of rotatable bonds is 9. The lowest BCUT2D eigenvalue weighted by molar-refractivity contribution is -0.281. The monoisotopic (exact) mass is 398 g/mol. The van der Waals surface area contributed by atoms with Gasteiger partial charge in [0, 0.05) is 12.3 Å². The van der Waals surface area contributed by atoms with Crippen molar-refractivity contribution >= 4 is 0 Å². The number of ether oxygens (including phenoxy) is 4. The maximum Gasteiger partial charge on any atom is 0.164 e. The van der Waals surface area contributed by atoms with Crippen molar-refractivity contribution in [3.63, 3.8) is 0 Å². The topological polar surface area (TPSA) is 36.9 Å². The van der Waals surface area contributed by atoms with Crippen LogP contribution in [-0.4, -0.2) is 39.0 Å². The number of benzene rings is 1. The second-order valence-corrected chi connectivity index (χ2v) is 7.89. The van der Waals surface area contributed by atoms with Gasteiger partial charge in [-0.3, -0.25) is 0 Å². The van der Waals surface area contributed by atoms with Crippen LogP contribution in [0.3, 0.4) is 0 Å². The van der Waals surface area contributed by atoms with Crippen LogP contribution >= 0.6 is 0 Å². The van der Waals surface area contributed by atoms with Crippen molar-refractivity contribution in [2.45, 2.75) is 64.4 Å². The van der Waals surface area contributed by atoms with Crippen LogP contribution in [0.25, 0.3) is 0 Å². The van der Waals surface area contributed by atoms with Gasteiger partial charge >= 0.3 is 0 Å². The first-order chi connectivity index (χ1) is 13.7. The molecule has 2 heterocycles. The molecule has 4 nitrogen and oxygen atoms in total. The van der Waals surface area contributed by atoms with E-state index in [1.807, 2.05) is 0 Å². The first-order valence-electron chi connectivity index (χ1n) is 10.6. The summed E-state index contributed by atoms with van der Waals surface area (Å²) < 4.78 is 49.7. The van der Waals surface area contributed by atoms with Gasteiger partial charge in [-0.15, -0.1) is 0 Å². The molecule has 0 saturated carbocycles. The smallest absolute Gasteiger partial charge is 0.164 e. The Morgan fingerprint density at radius 1 is 0.857 bits per heavy atom. The van der Waals surface area contributed by atoms with Crippen LogP contribution in [-0.2, 0) is 25.4 Å². The van der Waals surface area contributed by atoms with Gasteiger partial charge in [0.25, 0.3) is 0 Å². The zero-order valence-electron chi connectivity index (χ0n) is 16.7. The number of halogens is 2. The summed E-state index contributed by atoms with van der Waals surface area (Å²) in [5.74, 6) is -1.09. The Balaban J connectivity index is 1.31. The molecule has 6 heteroatoms. The summed E-state index contributed by atoms with van der Waals surface area (Å²) in [6.07, 6.45) is 6.81. The molecule has 2 saturated heterocycles. The van der Waals surface area contributed by atoms with E-state index in [0.29, 0.717) is 32.0 Å². The average molecular weight is 398 g/mol. The molecule has 0 amide bonds. The highest BCUT2D eigenvalue weighted by molar-refractivity contribution is 5.17. The lowest BCUT2D eigenvalue weighted by Gasteiger charge is -2.37. The van der Waals surface area contributed by atoms with E-state index in [4.69, 9.17) is 18.9 Å². The fraction of sp³-hybridized carbons (Fsp3) is 0.727. The van der Waals surface area contributed by atoms with Crippen molar-refractivity contribution < 1.29 is 27.7 Å². The summed E-state index contributed by atoms with van der Waals surface area (Å²) in [5.41, 5.74) is 0.733. The highest BCUT2D eigenvalue weighted by atomic mass is 19.2. The van der Waals surface area contributed by atoms with E-state index < -0.39 is 11.6 Å². The van der Waals surface area contributed by atoms with Crippen LogP contribution in [0.4, 0.5) is 8.78 Å². The van der Waals surface area contributed by atoms with Gasteiger partial charge in [0.1, 0.15) is 0 Å². The molecule has 2 fully saturated rings. The predicted octanol–water partition coefficient (Wildman–Crippen LogP) is 4.85. The third-order valence-corrected chi connectivity index (χ3v) is 5.49. The molecular formula is C22H32F2O4. The van der Waals surface area contributed by atoms with Gasteiger partial charge in [-0.2, -0.15) is 0 Å². The van der Waals surface area contributed by atoms with E-state index in [1.165, 1.54) is 31.7 Å². The molecule has 0 bridgehead atoms. The molecule has 28 heavy (non-hydrogen) atoms. The standard InChI is InChI=1S/C22H32F2O4/c1-2-3-4-5-6-17-12-27-22(28-13-17)18-14-25-21(26-15-18)10-8-16-7-9-19(23)20(24)11-16/h7,9,11,17-18,21-22H,2-6,8,10,12-15H2,1H3/t17-,18-,21-,22-. The van der Waals surface area contributed by atoms with Crippen LogP contribution in [0.2, 0.25) is 0 Å². The average Bonchev–Trinajstić information content (AvgIpc) is 2.73. The number of aryl methyl sites for hydroxylation is 1. The highest BCUT2D eigenvalue weighted by Crippen LogP contribution is 2.26. The minimum absolute atomic E-state index is 0.0700. The molecule has 3 rings (SSSR count). The first kappa shape index (κ1) is 21.6. The summed E-state index contributed by atoms with van der Waals surface area (Å²) >= 11 is 0. The predicted molar refractivity (Wildman–Crippen MR) is 102 cm³/mol. The molecule has 0 radical (unpaired) electrons.